The molecule has 0 N–H and O–H groups in total. The second-order valence-corrected chi connectivity index (χ2v) is 15.4. The number of nitrogens with zero attached hydrogens (tertiary/aromatic N) is 3. The lowest BCUT2D eigenvalue weighted by atomic mass is 9.53. The molecule has 51 heavy (non-hydrogen) atoms. The molecule has 2 heterocycles. The van der Waals surface area contributed by atoms with Gasteiger partial charge in [-0.2, -0.15) is 0 Å². The summed E-state index contributed by atoms with van der Waals surface area (Å²) in [6.07, 6.45) is 14.0. The van der Waals surface area contributed by atoms with Gasteiger partial charge in [0, 0.05) is 32.3 Å². The van der Waals surface area contributed by atoms with Gasteiger partial charge in [0.1, 0.15) is 0 Å². The molecule has 10 rings (SSSR count). The van der Waals surface area contributed by atoms with Crippen LogP contribution in [0.3, 0.4) is 0 Å². The van der Waals surface area contributed by atoms with Crippen LogP contribution in [0.25, 0.3) is 28.3 Å². The number of hydrogen-bond donors (Lipinski definition) is 0. The molecule has 4 aliphatic rings. The van der Waals surface area contributed by atoms with Crippen molar-refractivity contribution in [3.63, 3.8) is 0 Å². The summed E-state index contributed by atoms with van der Waals surface area (Å²) in [5.74, 6) is 2.44. The minimum Gasteiger partial charge on any atom is -0.209 e. The zero-order chi connectivity index (χ0) is 34.2. The van der Waals surface area contributed by atoms with Crippen molar-refractivity contribution in [1.82, 2.24) is 15.0 Å². The molecule has 1 spiro atoms. The lowest BCUT2D eigenvalue weighted by molar-refractivity contribution is 0.550. The van der Waals surface area contributed by atoms with Gasteiger partial charge < -0.3 is 0 Å². The van der Waals surface area contributed by atoms with E-state index in [0.29, 0.717) is 17.6 Å². The van der Waals surface area contributed by atoms with Crippen LogP contribution in [0.4, 0.5) is 0 Å². The predicted molar refractivity (Wildman–Crippen MR) is 208 cm³/mol. The topological polar surface area (TPSA) is 38.7 Å². The van der Waals surface area contributed by atoms with E-state index in [0.717, 1.165) is 28.9 Å². The zero-order valence-electron chi connectivity index (χ0n) is 28.5. The molecule has 0 saturated carbocycles. The highest BCUT2D eigenvalue weighted by atomic mass is 32.2. The Morgan fingerprint density at radius 1 is 0.569 bits per heavy atom. The molecule has 5 aromatic carbocycles. The number of rotatable bonds is 3. The van der Waals surface area contributed by atoms with Gasteiger partial charge in [0.25, 0.3) is 0 Å². The summed E-state index contributed by atoms with van der Waals surface area (Å²) in [6, 6.07) is 44.2. The fourth-order valence-corrected chi connectivity index (χ4v) is 10.0. The van der Waals surface area contributed by atoms with Crippen LogP contribution >= 0.6 is 11.8 Å². The largest absolute Gasteiger partial charge is 0.209 e. The van der Waals surface area contributed by atoms with Crippen LogP contribution in [0.15, 0.2) is 173 Å². The van der Waals surface area contributed by atoms with Gasteiger partial charge in [0.2, 0.25) is 0 Å². The van der Waals surface area contributed by atoms with E-state index in [2.05, 4.69) is 166 Å². The molecule has 0 fully saturated rings. The second-order valence-electron chi connectivity index (χ2n) is 14.3. The number of allylic oxidation sites excluding steroid dienone is 8. The van der Waals surface area contributed by atoms with Crippen LogP contribution in [0, 0.1) is 5.92 Å². The average molecular weight is 674 g/mol. The third kappa shape index (κ3) is 4.49. The molecule has 1 aromatic heterocycles. The van der Waals surface area contributed by atoms with Crippen LogP contribution in [0.1, 0.15) is 59.5 Å². The minimum absolute atomic E-state index is 0.270. The first-order chi connectivity index (χ1) is 25.0. The van der Waals surface area contributed by atoms with E-state index in [1.165, 1.54) is 48.7 Å². The Bertz CT molecular complexity index is 2470. The summed E-state index contributed by atoms with van der Waals surface area (Å²) < 4.78 is 0. The molecule has 4 heteroatoms. The third-order valence-electron chi connectivity index (χ3n) is 11.2. The zero-order valence-corrected chi connectivity index (χ0v) is 29.4. The lowest BCUT2D eigenvalue weighted by Gasteiger charge is -2.51. The highest BCUT2D eigenvalue weighted by Crippen LogP contribution is 2.63. The fourth-order valence-electron chi connectivity index (χ4n) is 8.84. The molecule has 1 unspecified atom stereocenters. The number of hydrogen-bond acceptors (Lipinski definition) is 4. The summed E-state index contributed by atoms with van der Waals surface area (Å²) in [4.78, 5) is 18.5. The van der Waals surface area contributed by atoms with Crippen LogP contribution in [0.2, 0.25) is 0 Å². The Labute approximate surface area is 303 Å². The van der Waals surface area contributed by atoms with Gasteiger partial charge in [-0.1, -0.05) is 171 Å². The van der Waals surface area contributed by atoms with Crippen molar-refractivity contribution in [2.24, 2.45) is 5.92 Å². The number of benzene rings is 5. The first-order valence-electron chi connectivity index (χ1n) is 17.7. The quantitative estimate of drug-likeness (QED) is 0.187. The van der Waals surface area contributed by atoms with Gasteiger partial charge in [-0.05, 0) is 63.1 Å². The van der Waals surface area contributed by atoms with E-state index >= 15 is 0 Å². The smallest absolute Gasteiger partial charge is 0.164 e. The Morgan fingerprint density at radius 3 is 1.96 bits per heavy atom. The molecule has 1 aliphatic heterocycles. The van der Waals surface area contributed by atoms with Gasteiger partial charge in [-0.3, -0.25) is 0 Å². The first-order valence-corrected chi connectivity index (χ1v) is 18.5. The molecular weight excluding hydrogens is 639 g/mol. The maximum Gasteiger partial charge on any atom is 0.164 e. The summed E-state index contributed by atoms with van der Waals surface area (Å²) in [5, 5.41) is 0. The molecule has 1 atom stereocenters. The maximum absolute atomic E-state index is 5.43. The average Bonchev–Trinajstić information content (AvgIpc) is 3.19. The van der Waals surface area contributed by atoms with Gasteiger partial charge in [0.15, 0.2) is 17.5 Å². The van der Waals surface area contributed by atoms with Gasteiger partial charge in [-0.25, -0.2) is 15.0 Å². The summed E-state index contributed by atoms with van der Waals surface area (Å²) >= 11 is 1.87. The molecule has 0 saturated heterocycles. The van der Waals surface area contributed by atoms with Crippen LogP contribution in [-0.4, -0.2) is 15.0 Å². The Morgan fingerprint density at radius 2 is 1.20 bits per heavy atom. The van der Waals surface area contributed by atoms with E-state index in [4.69, 9.17) is 15.0 Å². The van der Waals surface area contributed by atoms with E-state index in [-0.39, 0.29) is 5.41 Å². The second kappa shape index (κ2) is 11.5. The maximum atomic E-state index is 5.43. The number of aromatic nitrogens is 3. The number of fused-ring (bicyclic) bond motifs is 9. The van der Waals surface area contributed by atoms with Gasteiger partial charge >= 0.3 is 0 Å². The van der Waals surface area contributed by atoms with E-state index in [1.54, 1.807) is 0 Å². The SMILES string of the molecule is CC1(C)c2ccccc2C2(c3ccccc3Sc3ccccc32)c2c(-c3nc(C4=CC=C5C=CC=CC5C4)nc(-c4ccccc4)n3)cccc21. The van der Waals surface area contributed by atoms with E-state index in [9.17, 15) is 0 Å². The molecule has 3 aliphatic carbocycles. The van der Waals surface area contributed by atoms with Gasteiger partial charge in [-0.15, -0.1) is 0 Å². The van der Waals surface area contributed by atoms with Crippen LogP contribution in [0.5, 0.6) is 0 Å². The fraction of sp³-hybridized carbons (Fsp3) is 0.128. The van der Waals surface area contributed by atoms with Crippen molar-refractivity contribution in [3.05, 3.63) is 203 Å². The summed E-state index contributed by atoms with van der Waals surface area (Å²) in [7, 11) is 0. The Balaban J connectivity index is 1.31. The van der Waals surface area contributed by atoms with Gasteiger partial charge in [0.05, 0.1) is 5.41 Å². The van der Waals surface area contributed by atoms with Crippen LogP contribution < -0.4 is 0 Å². The molecular formula is C47H35N3S. The molecule has 6 aromatic rings. The van der Waals surface area contributed by atoms with Crippen molar-refractivity contribution in [1.29, 1.82) is 0 Å². The minimum atomic E-state index is -0.586. The molecule has 0 bridgehead atoms. The molecule has 3 nitrogen and oxygen atoms in total. The summed E-state index contributed by atoms with van der Waals surface area (Å²) in [5.41, 5.74) is 11.4. The first kappa shape index (κ1) is 30.3. The monoisotopic (exact) mass is 673 g/mol. The van der Waals surface area contributed by atoms with Crippen LogP contribution in [-0.2, 0) is 10.8 Å². The summed E-state index contributed by atoms with van der Waals surface area (Å²) in [6.45, 7) is 4.74. The predicted octanol–water partition coefficient (Wildman–Crippen LogP) is 11.1. The normalized spacial score (nSPS) is 18.4. The Hall–Kier alpha value is -5.58. The standard InChI is InChI=1S/C47H35N3S/c1-46(2)35-20-8-9-21-36(35)47(37-22-10-12-25-40(37)51-41-26-13-11-23-38(41)47)42-34(19-14-24-39(42)46)45-49-43(31-16-4-3-5-17-31)48-44(50-45)33-28-27-30-15-6-7-18-32(30)29-33/h3-28,32H,29H2,1-2H3. The van der Waals surface area contributed by atoms with E-state index < -0.39 is 5.41 Å². The van der Waals surface area contributed by atoms with E-state index in [1.807, 2.05) is 17.8 Å². The Kier molecular flexibility index (Phi) is 6.81. The molecule has 0 radical (unpaired) electrons. The molecule has 0 amide bonds. The highest BCUT2D eigenvalue weighted by Gasteiger charge is 2.53. The lowest BCUT2D eigenvalue weighted by Crippen LogP contribution is -2.44. The third-order valence-corrected chi connectivity index (χ3v) is 12.4. The van der Waals surface area contributed by atoms with Crippen molar-refractivity contribution in [3.8, 4) is 22.8 Å². The van der Waals surface area contributed by atoms with Crippen molar-refractivity contribution in [2.45, 2.75) is 40.9 Å². The van der Waals surface area contributed by atoms with Crippen molar-refractivity contribution >= 4 is 17.3 Å². The highest BCUT2D eigenvalue weighted by molar-refractivity contribution is 7.99. The van der Waals surface area contributed by atoms with Crippen molar-refractivity contribution < 1.29 is 0 Å². The molecule has 244 valence electrons. The van der Waals surface area contributed by atoms with Crippen molar-refractivity contribution in [2.75, 3.05) is 0 Å².